The van der Waals surface area contributed by atoms with Crippen LogP contribution in [0.5, 0.6) is 0 Å². The number of hydrogen-bond acceptors (Lipinski definition) is 3. The average molecular weight is 240 g/mol. The number of amides is 1. The Morgan fingerprint density at radius 2 is 2.18 bits per heavy atom. The SMILES string of the molecule is CC1(C)CC(NC2CCCNC(=O)C2)CCO1. The summed E-state index contributed by atoms with van der Waals surface area (Å²) in [6.45, 7) is 5.93. The topological polar surface area (TPSA) is 50.4 Å². The summed E-state index contributed by atoms with van der Waals surface area (Å²) in [5.41, 5.74) is -0.0249. The zero-order valence-electron chi connectivity index (χ0n) is 10.9. The lowest BCUT2D eigenvalue weighted by Crippen LogP contribution is -2.47. The Morgan fingerprint density at radius 1 is 1.35 bits per heavy atom. The van der Waals surface area contributed by atoms with E-state index < -0.39 is 0 Å². The molecule has 0 aliphatic carbocycles. The molecular weight excluding hydrogens is 216 g/mol. The van der Waals surface area contributed by atoms with E-state index in [1.54, 1.807) is 0 Å². The van der Waals surface area contributed by atoms with E-state index in [2.05, 4.69) is 24.5 Å². The van der Waals surface area contributed by atoms with Gasteiger partial charge in [0, 0.05) is 31.7 Å². The van der Waals surface area contributed by atoms with Crippen molar-refractivity contribution in [2.75, 3.05) is 13.2 Å². The van der Waals surface area contributed by atoms with Gasteiger partial charge in [-0.1, -0.05) is 0 Å². The van der Waals surface area contributed by atoms with Gasteiger partial charge in [0.1, 0.15) is 0 Å². The van der Waals surface area contributed by atoms with Crippen LogP contribution < -0.4 is 10.6 Å². The Labute approximate surface area is 103 Å². The molecule has 0 aromatic rings. The Morgan fingerprint density at radius 3 is 2.94 bits per heavy atom. The van der Waals surface area contributed by atoms with Crippen molar-refractivity contribution >= 4 is 5.91 Å². The first-order chi connectivity index (χ1) is 8.05. The van der Waals surface area contributed by atoms with Crippen molar-refractivity contribution < 1.29 is 9.53 Å². The highest BCUT2D eigenvalue weighted by Crippen LogP contribution is 2.24. The summed E-state index contributed by atoms with van der Waals surface area (Å²) in [7, 11) is 0. The van der Waals surface area contributed by atoms with Crippen LogP contribution in [0.15, 0.2) is 0 Å². The highest BCUT2D eigenvalue weighted by atomic mass is 16.5. The van der Waals surface area contributed by atoms with Crippen LogP contribution in [0, 0.1) is 0 Å². The van der Waals surface area contributed by atoms with E-state index in [4.69, 9.17) is 4.74 Å². The number of carbonyl (C=O) groups is 1. The fourth-order valence-electron chi connectivity index (χ4n) is 2.82. The number of rotatable bonds is 2. The molecule has 4 nitrogen and oxygen atoms in total. The molecule has 17 heavy (non-hydrogen) atoms. The summed E-state index contributed by atoms with van der Waals surface area (Å²) in [4.78, 5) is 11.5. The van der Waals surface area contributed by atoms with Crippen molar-refractivity contribution in [2.45, 2.75) is 63.6 Å². The van der Waals surface area contributed by atoms with Gasteiger partial charge in [-0.3, -0.25) is 4.79 Å². The maximum atomic E-state index is 11.5. The van der Waals surface area contributed by atoms with Gasteiger partial charge in [0.2, 0.25) is 5.91 Å². The van der Waals surface area contributed by atoms with Gasteiger partial charge < -0.3 is 15.4 Å². The zero-order chi connectivity index (χ0) is 12.3. The third-order valence-corrected chi connectivity index (χ3v) is 3.65. The molecule has 0 aromatic heterocycles. The normalized spacial score (nSPS) is 33.9. The molecule has 2 heterocycles. The van der Waals surface area contributed by atoms with Gasteiger partial charge in [-0.25, -0.2) is 0 Å². The fraction of sp³-hybridized carbons (Fsp3) is 0.923. The van der Waals surface area contributed by atoms with Crippen LogP contribution in [-0.4, -0.2) is 36.7 Å². The van der Waals surface area contributed by atoms with Gasteiger partial charge in [0.15, 0.2) is 0 Å². The summed E-state index contributed by atoms with van der Waals surface area (Å²) in [6, 6.07) is 0.839. The molecule has 0 aromatic carbocycles. The lowest BCUT2D eigenvalue weighted by atomic mass is 9.93. The molecule has 0 radical (unpaired) electrons. The minimum absolute atomic E-state index is 0.0249. The predicted octanol–water partition coefficient (Wildman–Crippen LogP) is 1.20. The summed E-state index contributed by atoms with van der Waals surface area (Å²) < 4.78 is 5.71. The first-order valence-corrected chi connectivity index (χ1v) is 6.72. The Balaban J connectivity index is 1.84. The second kappa shape index (κ2) is 5.36. The molecule has 0 spiro atoms. The van der Waals surface area contributed by atoms with Gasteiger partial charge >= 0.3 is 0 Å². The minimum atomic E-state index is -0.0249. The molecular formula is C13H24N2O2. The van der Waals surface area contributed by atoms with E-state index >= 15 is 0 Å². The Hall–Kier alpha value is -0.610. The predicted molar refractivity (Wildman–Crippen MR) is 66.8 cm³/mol. The highest BCUT2D eigenvalue weighted by molar-refractivity contribution is 5.76. The van der Waals surface area contributed by atoms with Gasteiger partial charge in [-0.05, 0) is 39.5 Å². The number of carbonyl (C=O) groups excluding carboxylic acids is 1. The van der Waals surface area contributed by atoms with Gasteiger partial charge in [0.05, 0.1) is 5.60 Å². The molecule has 2 atom stereocenters. The third-order valence-electron chi connectivity index (χ3n) is 3.65. The molecule has 2 rings (SSSR count). The zero-order valence-corrected chi connectivity index (χ0v) is 10.9. The molecule has 4 heteroatoms. The summed E-state index contributed by atoms with van der Waals surface area (Å²) in [5.74, 6) is 0.186. The van der Waals surface area contributed by atoms with Crippen LogP contribution in [0.25, 0.3) is 0 Å². The van der Waals surface area contributed by atoms with Gasteiger partial charge in [-0.2, -0.15) is 0 Å². The first-order valence-electron chi connectivity index (χ1n) is 6.72. The van der Waals surface area contributed by atoms with Gasteiger partial charge in [-0.15, -0.1) is 0 Å². The van der Waals surface area contributed by atoms with Crippen LogP contribution >= 0.6 is 0 Å². The molecule has 1 amide bonds. The molecule has 98 valence electrons. The van der Waals surface area contributed by atoms with E-state index in [0.717, 1.165) is 38.8 Å². The van der Waals surface area contributed by atoms with E-state index in [-0.39, 0.29) is 11.5 Å². The van der Waals surface area contributed by atoms with Crippen molar-refractivity contribution in [3.05, 3.63) is 0 Å². The summed E-state index contributed by atoms with van der Waals surface area (Å²) in [6.07, 6.45) is 4.89. The second-order valence-electron chi connectivity index (χ2n) is 5.86. The maximum absolute atomic E-state index is 11.5. The molecule has 0 bridgehead atoms. The molecule has 2 N–H and O–H groups in total. The van der Waals surface area contributed by atoms with Crippen molar-refractivity contribution in [3.63, 3.8) is 0 Å². The Bertz CT molecular complexity index is 279. The molecule has 2 aliphatic rings. The quantitative estimate of drug-likeness (QED) is 0.762. The molecule has 0 saturated carbocycles. The largest absolute Gasteiger partial charge is 0.375 e. The van der Waals surface area contributed by atoms with E-state index in [9.17, 15) is 4.79 Å². The first kappa shape index (κ1) is 12.8. The van der Waals surface area contributed by atoms with E-state index in [1.165, 1.54) is 0 Å². The standard InChI is InChI=1S/C13H24N2O2/c1-13(2)9-11(5-7-17-13)15-10-4-3-6-14-12(16)8-10/h10-11,15H,3-9H2,1-2H3,(H,14,16). The Kier molecular flexibility index (Phi) is 4.05. The molecule has 2 saturated heterocycles. The lowest BCUT2D eigenvalue weighted by Gasteiger charge is -2.37. The summed E-state index contributed by atoms with van der Waals surface area (Å²) >= 11 is 0. The highest BCUT2D eigenvalue weighted by Gasteiger charge is 2.30. The van der Waals surface area contributed by atoms with Crippen LogP contribution in [0.4, 0.5) is 0 Å². The van der Waals surface area contributed by atoms with Crippen LogP contribution in [-0.2, 0) is 9.53 Å². The molecule has 2 aliphatic heterocycles. The fourth-order valence-corrected chi connectivity index (χ4v) is 2.82. The van der Waals surface area contributed by atoms with Crippen molar-refractivity contribution in [1.82, 2.24) is 10.6 Å². The van der Waals surface area contributed by atoms with E-state index in [1.807, 2.05) is 0 Å². The van der Waals surface area contributed by atoms with Crippen molar-refractivity contribution in [2.24, 2.45) is 0 Å². The number of ether oxygens (including phenoxy) is 1. The van der Waals surface area contributed by atoms with Gasteiger partial charge in [0.25, 0.3) is 0 Å². The lowest BCUT2D eigenvalue weighted by molar-refractivity contribution is -0.121. The van der Waals surface area contributed by atoms with Crippen LogP contribution in [0.3, 0.4) is 0 Å². The summed E-state index contributed by atoms with van der Waals surface area (Å²) in [5, 5.41) is 6.57. The number of nitrogens with one attached hydrogen (secondary N) is 2. The molecule has 2 unspecified atom stereocenters. The van der Waals surface area contributed by atoms with Crippen molar-refractivity contribution in [3.8, 4) is 0 Å². The van der Waals surface area contributed by atoms with Crippen LogP contribution in [0.2, 0.25) is 0 Å². The average Bonchev–Trinajstić information content (AvgIpc) is 2.41. The van der Waals surface area contributed by atoms with Crippen molar-refractivity contribution in [1.29, 1.82) is 0 Å². The minimum Gasteiger partial charge on any atom is -0.375 e. The second-order valence-corrected chi connectivity index (χ2v) is 5.86. The number of hydrogen-bond donors (Lipinski definition) is 2. The third kappa shape index (κ3) is 3.96. The monoisotopic (exact) mass is 240 g/mol. The maximum Gasteiger partial charge on any atom is 0.221 e. The smallest absolute Gasteiger partial charge is 0.221 e. The molecule has 2 fully saturated rings. The van der Waals surface area contributed by atoms with Crippen LogP contribution in [0.1, 0.15) is 46.0 Å². The van der Waals surface area contributed by atoms with E-state index in [0.29, 0.717) is 18.5 Å².